The van der Waals surface area contributed by atoms with Gasteiger partial charge in [-0.25, -0.2) is 0 Å². The fraction of sp³-hybridized carbons (Fsp3) is 0.189. The van der Waals surface area contributed by atoms with Crippen LogP contribution in [-0.4, -0.2) is 14.1 Å². The average Bonchev–Trinajstić information content (AvgIpc) is 3.89. The van der Waals surface area contributed by atoms with E-state index in [2.05, 4.69) is 258 Å². The van der Waals surface area contributed by atoms with Crippen LogP contribution in [-0.2, 0) is 0 Å². The van der Waals surface area contributed by atoms with Gasteiger partial charge in [0.25, 0.3) is 0 Å². The van der Waals surface area contributed by atoms with E-state index in [-0.39, 0.29) is 0 Å². The highest BCUT2D eigenvalue weighted by Crippen LogP contribution is 2.47. The molecular formula is C74H66N4. The minimum Gasteiger partial charge on any atom is -0.308 e. The van der Waals surface area contributed by atoms with Crippen molar-refractivity contribution in [1.82, 2.24) is 14.1 Å². The van der Waals surface area contributed by atoms with Crippen LogP contribution in [0.4, 0.5) is 0 Å². The fourth-order valence-corrected chi connectivity index (χ4v) is 14.0. The van der Waals surface area contributed by atoms with Crippen molar-refractivity contribution in [2.75, 3.05) is 0 Å². The first-order valence-electron chi connectivity index (χ1n) is 27.4. The van der Waals surface area contributed by atoms with Gasteiger partial charge in [0.05, 0.1) is 45.1 Å². The number of fused-ring (bicyclic) bond motifs is 6. The maximum Gasteiger partial charge on any atom is 0.0993 e. The molecule has 0 radical (unpaired) electrons. The van der Waals surface area contributed by atoms with Crippen molar-refractivity contribution in [3.05, 3.63) is 229 Å². The lowest BCUT2D eigenvalue weighted by Crippen LogP contribution is -2.06. The summed E-state index contributed by atoms with van der Waals surface area (Å²) in [5, 5.41) is 16.1. The molecule has 78 heavy (non-hydrogen) atoms. The molecular weight excluding hydrogens is 945 g/mol. The Morgan fingerprint density at radius 2 is 0.551 bits per heavy atom. The molecule has 382 valence electrons. The van der Waals surface area contributed by atoms with Gasteiger partial charge in [-0.15, -0.1) is 0 Å². The van der Waals surface area contributed by atoms with Crippen LogP contribution in [0.5, 0.6) is 0 Å². The summed E-state index contributed by atoms with van der Waals surface area (Å²) in [6.45, 7) is 30.7. The van der Waals surface area contributed by atoms with Gasteiger partial charge in [0.1, 0.15) is 0 Å². The summed E-state index contributed by atoms with van der Waals surface area (Å²) in [4.78, 5) is 4.98. The normalized spacial score (nSPS) is 11.7. The number of hydrogen-bond acceptors (Lipinski definition) is 2. The second-order valence-corrected chi connectivity index (χ2v) is 22.8. The average molecular weight is 1010 g/mol. The lowest BCUT2D eigenvalue weighted by atomic mass is 9.92. The maximum atomic E-state index is 11.5. The molecule has 0 amide bonds. The Morgan fingerprint density at radius 1 is 0.295 bits per heavy atom. The van der Waals surface area contributed by atoms with E-state index in [0.717, 1.165) is 99.8 Å². The van der Waals surface area contributed by atoms with Crippen LogP contribution >= 0.6 is 0 Å². The molecule has 0 unspecified atom stereocenters. The number of aromatic nitrogens is 3. The third kappa shape index (κ3) is 8.23. The van der Waals surface area contributed by atoms with Gasteiger partial charge in [-0.2, -0.15) is 5.26 Å². The second kappa shape index (κ2) is 18.7. The molecule has 4 nitrogen and oxygen atoms in total. The highest BCUT2D eigenvalue weighted by molar-refractivity contribution is 6.14. The van der Waals surface area contributed by atoms with Crippen molar-refractivity contribution >= 4 is 43.6 Å². The summed E-state index contributed by atoms with van der Waals surface area (Å²) in [5.74, 6) is 0. The molecule has 9 aromatic carbocycles. The van der Waals surface area contributed by atoms with E-state index in [0.29, 0.717) is 5.56 Å². The first-order valence-corrected chi connectivity index (χ1v) is 27.4. The van der Waals surface area contributed by atoms with Gasteiger partial charge >= 0.3 is 0 Å². The number of nitrogens with zero attached hydrogens (tertiary/aromatic N) is 4. The summed E-state index contributed by atoms with van der Waals surface area (Å²) in [7, 11) is 0. The standard InChI is InChI=1S/C74H66N4/c1-40-23-44(5)70(45(6)24-40)55-15-19-60-61-20-16-56(71-46(7)25-41(2)26-47(71)8)36-65(61)77(64(60)35-55)68-33-54(39-75)34-69(74(68)59-31-52(13)76-53(14)32-59)78-66-37-57(72-48(9)27-42(3)28-49(72)10)17-21-62(66)63-22-18-58(38-67(63)78)73-50(11)29-43(4)30-51(73)12/h15-38H,1-14H3. The zero-order valence-corrected chi connectivity index (χ0v) is 47.6. The van der Waals surface area contributed by atoms with Gasteiger partial charge in [0.2, 0.25) is 0 Å². The van der Waals surface area contributed by atoms with E-state index in [1.54, 1.807) is 0 Å². The SMILES string of the molecule is Cc1cc(C)c(-c2ccc3c4ccc(-c5c(C)cc(C)cc5C)cc4n(-c4cc(C#N)cc(-n5c6cc(-c7c(C)cc(C)cc7C)ccc6c6ccc(-c7c(C)cc(C)cc7C)cc65)c4-c4cc(C)nc(C)c4)c3c2)c(C)c1. The Kier molecular flexibility index (Phi) is 12.0. The summed E-state index contributed by atoms with van der Waals surface area (Å²) in [6.07, 6.45) is 0. The van der Waals surface area contributed by atoms with Crippen LogP contribution in [0.2, 0.25) is 0 Å². The van der Waals surface area contributed by atoms with Gasteiger partial charge in [-0.3, -0.25) is 4.98 Å². The van der Waals surface area contributed by atoms with E-state index in [9.17, 15) is 5.26 Å². The minimum absolute atomic E-state index is 0.571. The Balaban J connectivity index is 1.28. The highest BCUT2D eigenvalue weighted by atomic mass is 15.0. The van der Waals surface area contributed by atoms with E-state index in [1.165, 1.54) is 89.0 Å². The van der Waals surface area contributed by atoms with Crippen LogP contribution < -0.4 is 0 Å². The molecule has 0 saturated carbocycles. The molecule has 12 aromatic rings. The summed E-state index contributed by atoms with van der Waals surface area (Å²) < 4.78 is 4.95. The van der Waals surface area contributed by atoms with Crippen LogP contribution in [0, 0.1) is 108 Å². The van der Waals surface area contributed by atoms with Gasteiger partial charge in [0.15, 0.2) is 0 Å². The van der Waals surface area contributed by atoms with E-state index in [4.69, 9.17) is 4.98 Å². The number of benzene rings is 9. The van der Waals surface area contributed by atoms with Gasteiger partial charge in [0, 0.05) is 38.5 Å². The molecule has 0 bridgehead atoms. The molecule has 0 saturated heterocycles. The third-order valence-corrected chi connectivity index (χ3v) is 16.5. The summed E-state index contributed by atoms with van der Waals surface area (Å²) in [5.41, 5.74) is 35.2. The van der Waals surface area contributed by atoms with E-state index in [1.807, 2.05) is 0 Å². The quantitative estimate of drug-likeness (QED) is 0.160. The number of hydrogen-bond donors (Lipinski definition) is 0. The zero-order valence-electron chi connectivity index (χ0n) is 47.6. The van der Waals surface area contributed by atoms with Crippen molar-refractivity contribution in [3.63, 3.8) is 0 Å². The molecule has 0 aliphatic carbocycles. The van der Waals surface area contributed by atoms with Crippen LogP contribution in [0.3, 0.4) is 0 Å². The molecule has 12 rings (SSSR count). The Bertz CT molecular complexity index is 4000. The van der Waals surface area contributed by atoms with Crippen molar-refractivity contribution in [2.24, 2.45) is 0 Å². The lowest BCUT2D eigenvalue weighted by Gasteiger charge is -2.22. The Hall–Kier alpha value is -8.78. The Morgan fingerprint density at radius 3 is 0.795 bits per heavy atom. The number of pyridine rings is 1. The van der Waals surface area contributed by atoms with Crippen LogP contribution in [0.15, 0.2) is 146 Å². The first kappa shape index (κ1) is 50.1. The molecule has 3 heterocycles. The predicted octanol–water partition coefficient (Wildman–Crippen LogP) is 19.8. The number of aryl methyl sites for hydroxylation is 14. The van der Waals surface area contributed by atoms with Crippen molar-refractivity contribution in [1.29, 1.82) is 5.26 Å². The van der Waals surface area contributed by atoms with Crippen LogP contribution in [0.1, 0.15) is 83.7 Å². The molecule has 0 N–H and O–H groups in total. The maximum absolute atomic E-state index is 11.5. The molecule has 0 atom stereocenters. The number of rotatable bonds is 7. The monoisotopic (exact) mass is 1010 g/mol. The van der Waals surface area contributed by atoms with Gasteiger partial charge in [-0.05, 0) is 240 Å². The molecule has 4 heteroatoms. The molecule has 0 fully saturated rings. The van der Waals surface area contributed by atoms with Crippen molar-refractivity contribution < 1.29 is 0 Å². The molecule has 0 aliphatic heterocycles. The zero-order chi connectivity index (χ0) is 54.7. The topological polar surface area (TPSA) is 46.5 Å². The highest BCUT2D eigenvalue weighted by Gasteiger charge is 2.26. The lowest BCUT2D eigenvalue weighted by molar-refractivity contribution is 1.11. The van der Waals surface area contributed by atoms with E-state index < -0.39 is 0 Å². The number of nitriles is 1. The summed E-state index contributed by atoms with van der Waals surface area (Å²) in [6, 6.07) is 57.8. The second-order valence-electron chi connectivity index (χ2n) is 22.8. The minimum atomic E-state index is 0.571. The molecule has 3 aromatic heterocycles. The van der Waals surface area contributed by atoms with Gasteiger partial charge in [-0.1, -0.05) is 119 Å². The smallest absolute Gasteiger partial charge is 0.0993 e. The third-order valence-electron chi connectivity index (χ3n) is 16.5. The largest absolute Gasteiger partial charge is 0.308 e. The molecule has 0 spiro atoms. The van der Waals surface area contributed by atoms with Gasteiger partial charge < -0.3 is 9.13 Å². The predicted molar refractivity (Wildman–Crippen MR) is 331 cm³/mol. The Labute approximate surface area is 459 Å². The van der Waals surface area contributed by atoms with Crippen LogP contribution in [0.25, 0.3) is 111 Å². The van der Waals surface area contributed by atoms with Crippen molar-refractivity contribution in [3.8, 4) is 73.1 Å². The fourth-order valence-electron chi connectivity index (χ4n) is 14.0. The van der Waals surface area contributed by atoms with E-state index >= 15 is 0 Å². The molecule has 0 aliphatic rings. The first-order chi connectivity index (χ1) is 37.3. The van der Waals surface area contributed by atoms with Crippen molar-refractivity contribution in [2.45, 2.75) is 96.9 Å². The summed E-state index contributed by atoms with van der Waals surface area (Å²) >= 11 is 0.